The summed E-state index contributed by atoms with van der Waals surface area (Å²) in [5.41, 5.74) is 6.52. The monoisotopic (exact) mass is 328 g/mol. The van der Waals surface area contributed by atoms with Gasteiger partial charge in [-0.15, -0.1) is 0 Å². The van der Waals surface area contributed by atoms with Gasteiger partial charge in [0.15, 0.2) is 0 Å². The number of aromatic nitrogens is 1. The van der Waals surface area contributed by atoms with Gasteiger partial charge >= 0.3 is 0 Å². The zero-order valence-electron chi connectivity index (χ0n) is 8.86. The van der Waals surface area contributed by atoms with E-state index >= 15 is 0 Å². The van der Waals surface area contributed by atoms with Gasteiger partial charge in [-0.2, -0.15) is 0 Å². The summed E-state index contributed by atoms with van der Waals surface area (Å²) in [5, 5.41) is 1.64. The number of benzene rings is 1. The van der Waals surface area contributed by atoms with Gasteiger partial charge in [0.05, 0.1) is 0 Å². The first kappa shape index (κ1) is 12.9. The molecular weight excluding hydrogens is 320 g/mol. The van der Waals surface area contributed by atoms with E-state index < -0.39 is 0 Å². The number of hydrogen-bond donors (Lipinski definition) is 1. The van der Waals surface area contributed by atoms with Gasteiger partial charge in [0.2, 0.25) is 0 Å². The maximum absolute atomic E-state index is 6.10. The molecule has 2 rings (SSSR count). The lowest BCUT2D eigenvalue weighted by Crippen LogP contribution is -1.96. The summed E-state index contributed by atoms with van der Waals surface area (Å²) in [6.45, 7) is 0.459. The quantitative estimate of drug-likeness (QED) is 0.921. The topological polar surface area (TPSA) is 38.9 Å². The molecule has 0 aliphatic heterocycles. The smallest absolute Gasteiger partial charge is 0.101 e. The minimum Gasteiger partial charge on any atom is -0.326 e. The molecule has 0 saturated heterocycles. The van der Waals surface area contributed by atoms with Gasteiger partial charge in [0.1, 0.15) is 5.03 Å². The first-order chi connectivity index (χ1) is 8.19. The number of nitrogens with two attached hydrogens (primary N) is 1. The zero-order valence-corrected chi connectivity index (χ0v) is 12.0. The van der Waals surface area contributed by atoms with Crippen molar-refractivity contribution in [2.45, 2.75) is 16.5 Å². The van der Waals surface area contributed by atoms with Crippen LogP contribution >= 0.6 is 39.3 Å². The van der Waals surface area contributed by atoms with E-state index in [1.165, 1.54) is 0 Å². The van der Waals surface area contributed by atoms with Crippen molar-refractivity contribution in [2.75, 3.05) is 0 Å². The molecule has 0 aliphatic carbocycles. The number of pyridine rings is 1. The maximum atomic E-state index is 6.10. The average molecular weight is 330 g/mol. The Hall–Kier alpha value is -0.550. The Labute approximate surface area is 118 Å². The third-order valence-electron chi connectivity index (χ3n) is 2.17. The Kier molecular flexibility index (Phi) is 4.45. The fraction of sp³-hybridized carbons (Fsp3) is 0.0833. The van der Waals surface area contributed by atoms with Crippen molar-refractivity contribution in [3.8, 4) is 0 Å². The van der Waals surface area contributed by atoms with E-state index in [0.717, 1.165) is 20.0 Å². The fourth-order valence-electron chi connectivity index (χ4n) is 1.30. The van der Waals surface area contributed by atoms with Crippen LogP contribution < -0.4 is 5.73 Å². The molecule has 88 valence electrons. The van der Waals surface area contributed by atoms with Crippen LogP contribution in [0.25, 0.3) is 0 Å². The molecule has 0 fully saturated rings. The Morgan fingerprint density at radius 3 is 2.71 bits per heavy atom. The third-order valence-corrected chi connectivity index (χ3v) is 3.93. The van der Waals surface area contributed by atoms with Crippen LogP contribution in [0.15, 0.2) is 50.9 Å². The number of hydrogen-bond acceptors (Lipinski definition) is 3. The van der Waals surface area contributed by atoms with Crippen LogP contribution in [0.4, 0.5) is 0 Å². The van der Waals surface area contributed by atoms with Crippen LogP contribution in [0.1, 0.15) is 5.56 Å². The molecule has 0 saturated carbocycles. The number of rotatable bonds is 3. The van der Waals surface area contributed by atoms with Crippen molar-refractivity contribution in [1.82, 2.24) is 4.98 Å². The Bertz CT molecular complexity index is 516. The average Bonchev–Trinajstić information content (AvgIpc) is 2.32. The van der Waals surface area contributed by atoms with Crippen molar-refractivity contribution >= 4 is 39.3 Å². The van der Waals surface area contributed by atoms with Crippen LogP contribution in [0.3, 0.4) is 0 Å². The summed E-state index contributed by atoms with van der Waals surface area (Å²) >= 11 is 11.0. The van der Waals surface area contributed by atoms with Crippen LogP contribution in [0.5, 0.6) is 0 Å². The second-order valence-electron chi connectivity index (χ2n) is 3.37. The SMILES string of the molecule is NCc1ccc(Sc2ccc(Br)cn2)cc1Cl. The van der Waals surface area contributed by atoms with E-state index in [1.807, 2.05) is 30.3 Å². The molecule has 0 amide bonds. The summed E-state index contributed by atoms with van der Waals surface area (Å²) < 4.78 is 0.971. The van der Waals surface area contributed by atoms with Gasteiger partial charge in [0.25, 0.3) is 0 Å². The fourth-order valence-corrected chi connectivity index (χ4v) is 2.65. The highest BCUT2D eigenvalue weighted by atomic mass is 79.9. The summed E-state index contributed by atoms with van der Waals surface area (Å²) in [7, 11) is 0. The normalized spacial score (nSPS) is 10.5. The first-order valence-corrected chi connectivity index (χ1v) is 6.95. The molecule has 1 heterocycles. The van der Waals surface area contributed by atoms with E-state index in [4.69, 9.17) is 17.3 Å². The summed E-state index contributed by atoms with van der Waals surface area (Å²) in [5.74, 6) is 0. The molecule has 2 aromatic rings. The van der Waals surface area contributed by atoms with E-state index in [-0.39, 0.29) is 0 Å². The van der Waals surface area contributed by atoms with Crippen molar-refractivity contribution in [3.05, 3.63) is 51.6 Å². The molecule has 0 radical (unpaired) electrons. The van der Waals surface area contributed by atoms with Crippen molar-refractivity contribution in [3.63, 3.8) is 0 Å². The maximum Gasteiger partial charge on any atom is 0.101 e. The van der Waals surface area contributed by atoms with Gasteiger partial charge < -0.3 is 5.73 Å². The number of halogens is 2. The predicted molar refractivity (Wildman–Crippen MR) is 75.4 cm³/mol. The molecule has 0 atom stereocenters. The Balaban J connectivity index is 2.19. The molecule has 0 unspecified atom stereocenters. The lowest BCUT2D eigenvalue weighted by Gasteiger charge is -2.04. The number of nitrogens with zero attached hydrogens (tertiary/aromatic N) is 1. The van der Waals surface area contributed by atoms with Gasteiger partial charge in [0, 0.05) is 27.1 Å². The van der Waals surface area contributed by atoms with Crippen molar-refractivity contribution in [2.24, 2.45) is 5.73 Å². The van der Waals surface area contributed by atoms with Gasteiger partial charge in [-0.1, -0.05) is 29.4 Å². The van der Waals surface area contributed by atoms with Crippen LogP contribution in [0.2, 0.25) is 5.02 Å². The molecular formula is C12H10BrClN2S. The van der Waals surface area contributed by atoms with Gasteiger partial charge in [-0.05, 0) is 45.8 Å². The molecule has 5 heteroatoms. The highest BCUT2D eigenvalue weighted by molar-refractivity contribution is 9.10. The Morgan fingerprint density at radius 1 is 1.29 bits per heavy atom. The molecule has 0 spiro atoms. The summed E-state index contributed by atoms with van der Waals surface area (Å²) in [4.78, 5) is 5.35. The molecule has 0 bridgehead atoms. The zero-order chi connectivity index (χ0) is 12.3. The highest BCUT2D eigenvalue weighted by Crippen LogP contribution is 2.29. The van der Waals surface area contributed by atoms with Gasteiger partial charge in [-0.3, -0.25) is 0 Å². The second kappa shape index (κ2) is 5.87. The highest BCUT2D eigenvalue weighted by Gasteiger charge is 2.03. The van der Waals surface area contributed by atoms with Crippen molar-refractivity contribution in [1.29, 1.82) is 0 Å². The van der Waals surface area contributed by atoms with Crippen LogP contribution in [0, 0.1) is 0 Å². The predicted octanol–water partition coefficient (Wildman–Crippen LogP) is 4.11. The van der Waals surface area contributed by atoms with Gasteiger partial charge in [-0.25, -0.2) is 4.98 Å². The minimum absolute atomic E-state index is 0.459. The second-order valence-corrected chi connectivity index (χ2v) is 5.79. The molecule has 1 aromatic heterocycles. The van der Waals surface area contributed by atoms with E-state index in [9.17, 15) is 0 Å². The van der Waals surface area contributed by atoms with Crippen LogP contribution in [-0.2, 0) is 6.54 Å². The van der Waals surface area contributed by atoms with E-state index in [2.05, 4.69) is 20.9 Å². The standard InChI is InChI=1S/C12H10BrClN2S/c13-9-2-4-12(16-7-9)17-10-3-1-8(6-15)11(14)5-10/h1-5,7H,6,15H2. The van der Waals surface area contributed by atoms with Crippen molar-refractivity contribution < 1.29 is 0 Å². The largest absolute Gasteiger partial charge is 0.326 e. The molecule has 2 nitrogen and oxygen atoms in total. The molecule has 2 N–H and O–H groups in total. The summed E-state index contributed by atoms with van der Waals surface area (Å²) in [6.07, 6.45) is 1.78. The molecule has 17 heavy (non-hydrogen) atoms. The third kappa shape index (κ3) is 3.45. The van der Waals surface area contributed by atoms with E-state index in [1.54, 1.807) is 18.0 Å². The van der Waals surface area contributed by atoms with Crippen LogP contribution in [-0.4, -0.2) is 4.98 Å². The molecule has 0 aliphatic rings. The first-order valence-electron chi connectivity index (χ1n) is 4.97. The molecule has 1 aromatic carbocycles. The lowest BCUT2D eigenvalue weighted by atomic mass is 10.2. The minimum atomic E-state index is 0.459. The van der Waals surface area contributed by atoms with E-state index in [0.29, 0.717) is 11.6 Å². The Morgan fingerprint density at radius 2 is 2.12 bits per heavy atom. The summed E-state index contributed by atoms with van der Waals surface area (Å²) in [6, 6.07) is 9.79. The lowest BCUT2D eigenvalue weighted by molar-refractivity contribution is 1.06.